The van der Waals surface area contributed by atoms with Crippen LogP contribution in [0.1, 0.15) is 26.7 Å². The molecule has 2 unspecified atom stereocenters. The highest BCUT2D eigenvalue weighted by molar-refractivity contribution is 5.81. The summed E-state index contributed by atoms with van der Waals surface area (Å²) >= 11 is 0. The first-order valence-corrected chi connectivity index (χ1v) is 5.85. The van der Waals surface area contributed by atoms with Gasteiger partial charge in [-0.2, -0.15) is 0 Å². The number of hydrogen-bond acceptors (Lipinski definition) is 3. The highest BCUT2D eigenvalue weighted by Gasteiger charge is 2.29. The van der Waals surface area contributed by atoms with Gasteiger partial charge < -0.3 is 16.0 Å². The predicted molar refractivity (Wildman–Crippen MR) is 61.6 cm³/mol. The topological polar surface area (TPSA) is 75.4 Å². The van der Waals surface area contributed by atoms with Crippen LogP contribution in [0.3, 0.4) is 0 Å². The average Bonchev–Trinajstić information content (AvgIpc) is 2.66. The van der Waals surface area contributed by atoms with Crippen LogP contribution < -0.4 is 11.1 Å². The van der Waals surface area contributed by atoms with Gasteiger partial charge in [0.25, 0.3) is 0 Å². The summed E-state index contributed by atoms with van der Waals surface area (Å²) in [5, 5.41) is 3.19. The first kappa shape index (κ1) is 13.0. The second-order valence-corrected chi connectivity index (χ2v) is 4.39. The lowest BCUT2D eigenvalue weighted by Crippen LogP contribution is -2.36. The first-order valence-electron chi connectivity index (χ1n) is 5.85. The summed E-state index contributed by atoms with van der Waals surface area (Å²) < 4.78 is 0. The molecule has 5 heteroatoms. The van der Waals surface area contributed by atoms with E-state index in [-0.39, 0.29) is 23.8 Å². The smallest absolute Gasteiger partial charge is 0.224 e. The third-order valence-corrected chi connectivity index (χ3v) is 2.98. The summed E-state index contributed by atoms with van der Waals surface area (Å²) in [5.41, 5.74) is 5.22. The predicted octanol–water partition coefficient (Wildman–Crippen LogP) is -0.292. The van der Waals surface area contributed by atoms with Gasteiger partial charge in [-0.1, -0.05) is 6.92 Å². The van der Waals surface area contributed by atoms with Gasteiger partial charge in [0.2, 0.25) is 11.8 Å². The number of amides is 2. The molecule has 0 spiro atoms. The largest absolute Gasteiger partial charge is 0.369 e. The summed E-state index contributed by atoms with van der Waals surface area (Å²) in [6.07, 6.45) is 1.19. The Bertz CT molecular complexity index is 268. The van der Waals surface area contributed by atoms with E-state index in [0.29, 0.717) is 25.9 Å². The van der Waals surface area contributed by atoms with Gasteiger partial charge in [-0.15, -0.1) is 0 Å². The molecule has 0 radical (unpaired) electrons. The maximum Gasteiger partial charge on any atom is 0.224 e. The molecule has 0 aromatic rings. The zero-order valence-corrected chi connectivity index (χ0v) is 10.0. The number of primary amides is 1. The van der Waals surface area contributed by atoms with Crippen molar-refractivity contribution < 1.29 is 9.59 Å². The highest BCUT2D eigenvalue weighted by atomic mass is 16.2. The van der Waals surface area contributed by atoms with Crippen molar-refractivity contribution in [1.29, 1.82) is 0 Å². The number of nitrogens with zero attached hydrogens (tertiary/aromatic N) is 1. The fraction of sp³-hybridized carbons (Fsp3) is 0.818. The minimum atomic E-state index is -0.296. The van der Waals surface area contributed by atoms with Gasteiger partial charge in [0.1, 0.15) is 0 Å². The first-order chi connectivity index (χ1) is 7.54. The molecule has 2 amide bonds. The summed E-state index contributed by atoms with van der Waals surface area (Å²) in [6, 6.07) is 0.185. The Morgan fingerprint density at radius 1 is 1.56 bits per heavy atom. The van der Waals surface area contributed by atoms with E-state index in [1.807, 2.05) is 13.8 Å². The van der Waals surface area contributed by atoms with E-state index < -0.39 is 0 Å². The van der Waals surface area contributed by atoms with Crippen LogP contribution in [0, 0.1) is 5.92 Å². The second-order valence-electron chi connectivity index (χ2n) is 4.39. The van der Waals surface area contributed by atoms with E-state index in [9.17, 15) is 9.59 Å². The zero-order valence-electron chi connectivity index (χ0n) is 10.0. The third-order valence-electron chi connectivity index (χ3n) is 2.98. The van der Waals surface area contributed by atoms with Gasteiger partial charge in [0.05, 0.1) is 5.92 Å². The van der Waals surface area contributed by atoms with Crippen LogP contribution in [-0.4, -0.2) is 42.4 Å². The second kappa shape index (κ2) is 5.84. The molecule has 1 heterocycles. The van der Waals surface area contributed by atoms with Crippen molar-refractivity contribution in [3.8, 4) is 0 Å². The Kier molecular flexibility index (Phi) is 4.73. The molecule has 1 saturated heterocycles. The number of hydrogen-bond donors (Lipinski definition) is 2. The molecule has 1 fully saturated rings. The van der Waals surface area contributed by atoms with Crippen molar-refractivity contribution >= 4 is 11.8 Å². The standard InChI is InChI=1S/C11H21N3O2/c1-3-13-8(2)6-10(15)14-5-4-9(7-14)11(12)16/h8-9,13H,3-7H2,1-2H3,(H2,12,16). The van der Waals surface area contributed by atoms with Crippen LogP contribution >= 0.6 is 0 Å². The number of likely N-dealkylation sites (tertiary alicyclic amines) is 1. The lowest BCUT2D eigenvalue weighted by molar-refractivity contribution is -0.130. The van der Waals surface area contributed by atoms with Crippen molar-refractivity contribution in [3.63, 3.8) is 0 Å². The third kappa shape index (κ3) is 3.48. The van der Waals surface area contributed by atoms with Crippen molar-refractivity contribution in [2.75, 3.05) is 19.6 Å². The summed E-state index contributed by atoms with van der Waals surface area (Å²) in [4.78, 5) is 24.5. The van der Waals surface area contributed by atoms with Crippen molar-refractivity contribution in [2.45, 2.75) is 32.7 Å². The van der Waals surface area contributed by atoms with E-state index >= 15 is 0 Å². The normalized spacial score (nSPS) is 22.1. The molecule has 0 saturated carbocycles. The Morgan fingerprint density at radius 3 is 2.75 bits per heavy atom. The van der Waals surface area contributed by atoms with Crippen molar-refractivity contribution in [1.82, 2.24) is 10.2 Å². The lowest BCUT2D eigenvalue weighted by atomic mass is 10.1. The van der Waals surface area contributed by atoms with Gasteiger partial charge in [0.15, 0.2) is 0 Å². The molecule has 1 aliphatic rings. The van der Waals surface area contributed by atoms with Crippen LogP contribution in [0.5, 0.6) is 0 Å². The molecule has 16 heavy (non-hydrogen) atoms. The number of nitrogens with one attached hydrogen (secondary N) is 1. The van der Waals surface area contributed by atoms with Crippen LogP contribution in [0.4, 0.5) is 0 Å². The highest BCUT2D eigenvalue weighted by Crippen LogP contribution is 2.16. The number of nitrogens with two attached hydrogens (primary N) is 1. The zero-order chi connectivity index (χ0) is 12.1. The fourth-order valence-electron chi connectivity index (χ4n) is 2.03. The molecule has 1 rings (SSSR count). The Balaban J connectivity index is 2.36. The molecule has 0 aliphatic carbocycles. The monoisotopic (exact) mass is 227 g/mol. The summed E-state index contributed by atoms with van der Waals surface area (Å²) in [5.74, 6) is -0.342. The van der Waals surface area contributed by atoms with E-state index in [0.717, 1.165) is 6.54 Å². The van der Waals surface area contributed by atoms with E-state index in [4.69, 9.17) is 5.73 Å². The van der Waals surface area contributed by atoms with E-state index in [1.54, 1.807) is 4.90 Å². The minimum absolute atomic E-state index is 0.109. The Hall–Kier alpha value is -1.10. The molecule has 3 N–H and O–H groups in total. The molecule has 5 nitrogen and oxygen atoms in total. The molecule has 2 atom stereocenters. The molecule has 0 aromatic heterocycles. The van der Waals surface area contributed by atoms with Crippen molar-refractivity contribution in [3.05, 3.63) is 0 Å². The van der Waals surface area contributed by atoms with Gasteiger partial charge in [-0.25, -0.2) is 0 Å². The van der Waals surface area contributed by atoms with Gasteiger partial charge in [0, 0.05) is 25.6 Å². The quantitative estimate of drug-likeness (QED) is 0.677. The number of carbonyl (C=O) groups is 2. The maximum absolute atomic E-state index is 11.8. The van der Waals surface area contributed by atoms with Gasteiger partial charge in [-0.3, -0.25) is 9.59 Å². The fourth-order valence-corrected chi connectivity index (χ4v) is 2.03. The minimum Gasteiger partial charge on any atom is -0.369 e. The van der Waals surface area contributed by atoms with Crippen LogP contribution in [0.2, 0.25) is 0 Å². The van der Waals surface area contributed by atoms with Crippen molar-refractivity contribution in [2.24, 2.45) is 11.7 Å². The molecule has 0 bridgehead atoms. The summed E-state index contributed by atoms with van der Waals surface area (Å²) in [7, 11) is 0. The molecular formula is C11H21N3O2. The maximum atomic E-state index is 11.8. The number of carbonyl (C=O) groups excluding carboxylic acids is 2. The molecule has 1 aliphatic heterocycles. The van der Waals surface area contributed by atoms with Crippen LogP contribution in [0.25, 0.3) is 0 Å². The molecule has 0 aromatic carbocycles. The van der Waals surface area contributed by atoms with Crippen LogP contribution in [0.15, 0.2) is 0 Å². The van der Waals surface area contributed by atoms with Gasteiger partial charge >= 0.3 is 0 Å². The Morgan fingerprint density at radius 2 is 2.25 bits per heavy atom. The molecular weight excluding hydrogens is 206 g/mol. The summed E-state index contributed by atoms with van der Waals surface area (Å²) in [6.45, 7) is 6.01. The van der Waals surface area contributed by atoms with Gasteiger partial charge in [-0.05, 0) is 19.9 Å². The SMILES string of the molecule is CCNC(C)CC(=O)N1CCC(C(N)=O)C1. The molecule has 92 valence electrons. The Labute approximate surface area is 96.4 Å². The number of rotatable bonds is 5. The van der Waals surface area contributed by atoms with Crippen LogP contribution in [-0.2, 0) is 9.59 Å². The van der Waals surface area contributed by atoms with E-state index in [2.05, 4.69) is 5.32 Å². The average molecular weight is 227 g/mol. The lowest BCUT2D eigenvalue weighted by Gasteiger charge is -2.19. The van der Waals surface area contributed by atoms with E-state index in [1.165, 1.54) is 0 Å².